The van der Waals surface area contributed by atoms with Gasteiger partial charge < -0.3 is 5.32 Å². The second-order valence-corrected chi connectivity index (χ2v) is 4.48. The van der Waals surface area contributed by atoms with Crippen LogP contribution in [0.3, 0.4) is 0 Å². The summed E-state index contributed by atoms with van der Waals surface area (Å²) in [6.45, 7) is 3.89. The molecule has 0 spiro atoms. The molecule has 1 aliphatic heterocycles. The van der Waals surface area contributed by atoms with Gasteiger partial charge in [-0.05, 0) is 26.3 Å². The van der Waals surface area contributed by atoms with Crippen molar-refractivity contribution in [3.05, 3.63) is 0 Å². The van der Waals surface area contributed by atoms with Crippen LogP contribution in [-0.4, -0.2) is 42.4 Å². The number of hydrazine groups is 1. The first-order chi connectivity index (χ1) is 8.13. The van der Waals surface area contributed by atoms with Gasteiger partial charge in [0.2, 0.25) is 11.8 Å². The molecular weight excluding hydrogens is 224 g/mol. The van der Waals surface area contributed by atoms with Crippen molar-refractivity contribution >= 4 is 11.8 Å². The minimum absolute atomic E-state index is 0.0245. The number of hydrogen-bond donors (Lipinski definition) is 3. The molecule has 1 rings (SSSR count). The van der Waals surface area contributed by atoms with E-state index in [1.54, 1.807) is 0 Å². The molecular formula is C11H22N4O2. The standard InChI is InChI=1S/C11H22N4O2/c1-9-4-2-3-7-15(9)8-11(17)13-6-5-10(16)14-12/h9H,2-8,12H2,1H3,(H,13,17)(H,14,16)/t9-/m0/s1/i1+1,7+1,9+1,15+1. The Morgan fingerprint density at radius 3 is 2.76 bits per heavy atom. The number of amides is 2. The van der Waals surface area contributed by atoms with E-state index in [0.717, 1.165) is 19.4 Å². The Morgan fingerprint density at radius 1 is 1.35 bits per heavy atom. The van der Waals surface area contributed by atoms with Gasteiger partial charge in [-0.3, -0.25) is 19.9 Å². The maximum Gasteiger partial charge on any atom is 0.235 e. The molecule has 0 aliphatic carbocycles. The first-order valence-electron chi connectivity index (χ1n) is 6.13. The van der Waals surface area contributed by atoms with E-state index in [1.165, 1.54) is 6.42 Å². The molecule has 1 atom stereocenters. The molecule has 1 aliphatic rings. The van der Waals surface area contributed by atoms with Crippen molar-refractivity contribution < 1.29 is 9.59 Å². The number of piperidine rings is 1. The van der Waals surface area contributed by atoms with Crippen LogP contribution in [0.25, 0.3) is 0 Å². The van der Waals surface area contributed by atoms with Gasteiger partial charge in [-0.2, -0.15) is 0 Å². The van der Waals surface area contributed by atoms with Crippen molar-refractivity contribution in [3.8, 4) is 0 Å². The lowest BCUT2D eigenvalue weighted by atomic mass is 10.3. The molecule has 0 aromatic heterocycles. The first-order valence-corrected chi connectivity index (χ1v) is 6.13. The molecule has 6 heteroatoms. The Hall–Kier alpha value is -1.14. The lowest BCUT2D eigenvalue weighted by Gasteiger charge is -2.32. The van der Waals surface area contributed by atoms with Crippen LogP contribution in [0, 0.1) is 0 Å². The zero-order valence-corrected chi connectivity index (χ0v) is 10.4. The fourth-order valence-corrected chi connectivity index (χ4v) is 2.02. The van der Waals surface area contributed by atoms with Crippen LogP contribution in [0.4, 0.5) is 0 Å². The van der Waals surface area contributed by atoms with Crippen molar-refractivity contribution in [3.63, 3.8) is 0 Å². The van der Waals surface area contributed by atoms with E-state index in [0.29, 0.717) is 19.1 Å². The zero-order chi connectivity index (χ0) is 12.7. The Bertz CT molecular complexity index is 270. The molecule has 6 nitrogen and oxygen atoms in total. The number of nitrogens with two attached hydrogens (primary N) is 1. The van der Waals surface area contributed by atoms with E-state index in [1.807, 2.05) is 5.43 Å². The normalized spacial score (nSPS) is 20.9. The third-order valence-electron chi connectivity index (χ3n) is 3.12. The van der Waals surface area contributed by atoms with E-state index >= 15 is 0 Å². The first kappa shape index (κ1) is 13.9. The minimum Gasteiger partial charge on any atom is -0.354 e. The summed E-state index contributed by atoms with van der Waals surface area (Å²) in [6, 6.07) is 0.474. The summed E-state index contributed by atoms with van der Waals surface area (Å²) in [4.78, 5) is 24.6. The van der Waals surface area contributed by atoms with Gasteiger partial charge in [-0.1, -0.05) is 6.42 Å². The molecule has 0 aromatic carbocycles. The monoisotopic (exact) mass is 246 g/mol. The molecule has 4 N–H and O–H groups in total. The van der Waals surface area contributed by atoms with Gasteiger partial charge in [0.15, 0.2) is 0 Å². The largest absolute Gasteiger partial charge is 0.354 e. The van der Waals surface area contributed by atoms with E-state index in [2.05, 4.69) is 17.1 Å². The molecule has 2 amide bonds. The second-order valence-electron chi connectivity index (χ2n) is 4.48. The van der Waals surface area contributed by atoms with Crippen LogP contribution in [0.2, 0.25) is 0 Å². The lowest BCUT2D eigenvalue weighted by molar-refractivity contribution is -0.123. The van der Waals surface area contributed by atoms with Crippen LogP contribution in [-0.2, 0) is 9.59 Å². The third-order valence-corrected chi connectivity index (χ3v) is 3.12. The predicted molar refractivity (Wildman–Crippen MR) is 64.8 cm³/mol. The van der Waals surface area contributed by atoms with E-state index in [9.17, 15) is 9.59 Å². The molecule has 1 saturated heterocycles. The molecule has 0 unspecified atom stereocenters. The van der Waals surface area contributed by atoms with Gasteiger partial charge >= 0.3 is 0 Å². The van der Waals surface area contributed by atoms with Gasteiger partial charge in [0.05, 0.1) is 6.54 Å². The van der Waals surface area contributed by atoms with Crippen molar-refractivity contribution in [1.82, 2.24) is 15.6 Å². The second kappa shape index (κ2) is 7.24. The van der Waals surface area contributed by atoms with Gasteiger partial charge in [0, 0.05) is 19.0 Å². The fraction of sp³-hybridized carbons (Fsp3) is 0.818. The fourth-order valence-electron chi connectivity index (χ4n) is 2.02. The van der Waals surface area contributed by atoms with Crippen LogP contribution in [0.15, 0.2) is 0 Å². The maximum absolute atomic E-state index is 11.6. The van der Waals surface area contributed by atoms with Gasteiger partial charge in [-0.25, -0.2) is 5.84 Å². The molecule has 0 aromatic rings. The third kappa shape index (κ3) is 5.14. The highest BCUT2D eigenvalue weighted by molar-refractivity contribution is 5.79. The number of rotatable bonds is 5. The molecule has 98 valence electrons. The number of nitrogens with zero attached hydrogens (tertiary/aromatic N) is 1. The lowest BCUT2D eigenvalue weighted by Crippen LogP contribution is -2.45. The van der Waals surface area contributed by atoms with E-state index in [-0.39, 0.29) is 18.2 Å². The molecule has 0 bridgehead atoms. The summed E-state index contributed by atoms with van der Waals surface area (Å²) in [6.07, 6.45) is 3.78. The summed E-state index contributed by atoms with van der Waals surface area (Å²) in [5, 5.41) is 2.72. The summed E-state index contributed by atoms with van der Waals surface area (Å²) in [5.74, 6) is 4.64. The topological polar surface area (TPSA) is 87.5 Å². The highest BCUT2D eigenvalue weighted by Gasteiger charge is 2.20. The van der Waals surface area contributed by atoms with E-state index in [4.69, 9.17) is 5.84 Å². The quantitative estimate of drug-likeness (QED) is 0.198. The van der Waals surface area contributed by atoms with Crippen LogP contribution < -0.4 is 16.6 Å². The molecule has 1 heterocycles. The summed E-state index contributed by atoms with van der Waals surface area (Å²) in [5.41, 5.74) is 2.03. The molecule has 0 radical (unpaired) electrons. The smallest absolute Gasteiger partial charge is 0.235 e. The summed E-state index contributed by atoms with van der Waals surface area (Å²) in [7, 11) is 0. The minimum atomic E-state index is -0.267. The van der Waals surface area contributed by atoms with Gasteiger partial charge in [-0.15, -0.1) is 0 Å². The predicted octanol–water partition coefficient (Wildman–Crippen LogP) is -0.643. The van der Waals surface area contributed by atoms with Crippen molar-refractivity contribution in [2.75, 3.05) is 19.6 Å². The summed E-state index contributed by atoms with van der Waals surface area (Å²) >= 11 is 0. The summed E-state index contributed by atoms with van der Waals surface area (Å²) < 4.78 is 0. The van der Waals surface area contributed by atoms with Gasteiger partial charge in [0.25, 0.3) is 0 Å². The number of carbonyl (C=O) groups excluding carboxylic acids is 2. The van der Waals surface area contributed by atoms with Crippen molar-refractivity contribution in [2.45, 2.75) is 38.6 Å². The number of carbonyl (C=O) groups is 2. The average molecular weight is 246 g/mol. The van der Waals surface area contributed by atoms with Crippen LogP contribution in [0.1, 0.15) is 32.6 Å². The number of hydrogen-bond acceptors (Lipinski definition) is 4. The highest BCUT2D eigenvalue weighted by atomic mass is 16.2. The van der Waals surface area contributed by atoms with E-state index < -0.39 is 0 Å². The Morgan fingerprint density at radius 2 is 2.12 bits per heavy atom. The number of nitrogens with one attached hydrogen (secondary N) is 2. The maximum atomic E-state index is 11.6. The average Bonchev–Trinajstić information content (AvgIpc) is 2.32. The molecule has 0 saturated carbocycles. The Kier molecular flexibility index (Phi) is 5.93. The highest BCUT2D eigenvalue weighted by Crippen LogP contribution is 2.15. The zero-order valence-electron chi connectivity index (χ0n) is 10.4. The van der Waals surface area contributed by atoms with Crippen LogP contribution >= 0.6 is 0 Å². The molecule has 1 fully saturated rings. The SMILES string of the molecule is [13CH3][13C@H]1CCC[13CH2][15N]1CC(=O)NCCC(=O)NN. The Balaban J connectivity index is 2.17. The van der Waals surface area contributed by atoms with Gasteiger partial charge in [0.1, 0.15) is 0 Å². The van der Waals surface area contributed by atoms with Crippen molar-refractivity contribution in [1.29, 1.82) is 0 Å². The van der Waals surface area contributed by atoms with Crippen molar-refractivity contribution in [2.24, 2.45) is 5.84 Å². The molecule has 17 heavy (non-hydrogen) atoms. The number of likely N-dealkylation sites (tertiary alicyclic amines) is 1. The Labute approximate surface area is 102 Å². The van der Waals surface area contributed by atoms with Crippen LogP contribution in [0.5, 0.6) is 0 Å².